The molecule has 0 spiro atoms. The number of hydrogen-bond donors (Lipinski definition) is 1. The minimum Gasteiger partial charge on any atom is -0.413 e. The maximum Gasteiger partial charge on any atom is 0.270 e. The molecule has 0 amide bonds. The van der Waals surface area contributed by atoms with Crippen LogP contribution in [-0.2, 0) is 14.5 Å². The van der Waals surface area contributed by atoms with Gasteiger partial charge in [-0.1, -0.05) is 39.0 Å². The van der Waals surface area contributed by atoms with E-state index in [0.29, 0.717) is 12.8 Å². The van der Waals surface area contributed by atoms with E-state index >= 15 is 0 Å². The van der Waals surface area contributed by atoms with E-state index < -0.39 is 29.8 Å². The third-order valence-electron chi connectivity index (χ3n) is 6.45. The van der Waals surface area contributed by atoms with Crippen LogP contribution in [0.25, 0.3) is 0 Å². The smallest absolute Gasteiger partial charge is 0.270 e. The molecule has 3 unspecified atom stereocenters. The van der Waals surface area contributed by atoms with Crippen molar-refractivity contribution in [1.82, 2.24) is 0 Å². The third kappa shape index (κ3) is 4.58. The fourth-order valence-electron chi connectivity index (χ4n) is 3.60. The highest BCUT2D eigenvalue weighted by Gasteiger charge is 2.46. The maximum atomic E-state index is 12.2. The molecular formula is C20H34O4SSi. The molecule has 1 aromatic carbocycles. The minimum absolute atomic E-state index is 0.000741. The van der Waals surface area contributed by atoms with Crippen LogP contribution in [0.3, 0.4) is 0 Å². The lowest BCUT2D eigenvalue weighted by Crippen LogP contribution is -2.50. The summed E-state index contributed by atoms with van der Waals surface area (Å²) in [5.41, 5.74) is 3.63. The highest BCUT2D eigenvalue weighted by molar-refractivity contribution is 7.86. The molecule has 1 saturated carbocycles. The fraction of sp³-hybridized carbons (Fsp3) is 0.700. The Labute approximate surface area is 160 Å². The maximum absolute atomic E-state index is 12.2. The zero-order valence-electron chi connectivity index (χ0n) is 17.2. The molecule has 26 heavy (non-hydrogen) atoms. The quantitative estimate of drug-likeness (QED) is 0.558. The van der Waals surface area contributed by atoms with Gasteiger partial charge in [0.05, 0.1) is 6.10 Å². The first-order chi connectivity index (χ1) is 11.7. The summed E-state index contributed by atoms with van der Waals surface area (Å²) in [6.45, 7) is 14.8. The van der Waals surface area contributed by atoms with Gasteiger partial charge in [0.25, 0.3) is 10.1 Å². The largest absolute Gasteiger partial charge is 0.413 e. The van der Waals surface area contributed by atoms with Crippen LogP contribution >= 0.6 is 0 Å². The molecule has 1 aromatic rings. The molecule has 0 heterocycles. The van der Waals surface area contributed by atoms with Crippen molar-refractivity contribution in [1.29, 1.82) is 0 Å². The van der Waals surface area contributed by atoms with Crippen LogP contribution in [0.5, 0.6) is 0 Å². The van der Waals surface area contributed by atoms with Crippen LogP contribution in [0.2, 0.25) is 18.1 Å². The van der Waals surface area contributed by atoms with E-state index in [1.165, 1.54) is 16.7 Å². The Morgan fingerprint density at radius 2 is 1.77 bits per heavy atom. The predicted octanol–water partition coefficient (Wildman–Crippen LogP) is 5.22. The number of hydrogen-bond acceptors (Lipinski definition) is 3. The average molecular weight is 399 g/mol. The topological polar surface area (TPSA) is 63.6 Å². The highest BCUT2D eigenvalue weighted by Crippen LogP contribution is 2.43. The van der Waals surface area contributed by atoms with Gasteiger partial charge in [0.2, 0.25) is 0 Å². The predicted molar refractivity (Wildman–Crippen MR) is 110 cm³/mol. The van der Waals surface area contributed by atoms with E-state index in [-0.39, 0.29) is 11.0 Å². The van der Waals surface area contributed by atoms with Gasteiger partial charge in [-0.2, -0.15) is 8.42 Å². The summed E-state index contributed by atoms with van der Waals surface area (Å²) >= 11 is 0. The fourth-order valence-corrected chi connectivity index (χ4v) is 6.15. The Hall–Kier alpha value is -0.693. The van der Waals surface area contributed by atoms with Crippen LogP contribution in [-0.4, -0.2) is 32.6 Å². The van der Waals surface area contributed by atoms with Gasteiger partial charge in [-0.3, -0.25) is 4.55 Å². The summed E-state index contributed by atoms with van der Waals surface area (Å²) in [4.78, 5) is 0. The van der Waals surface area contributed by atoms with E-state index in [0.717, 1.165) is 6.42 Å². The Morgan fingerprint density at radius 3 is 2.31 bits per heavy atom. The van der Waals surface area contributed by atoms with Gasteiger partial charge < -0.3 is 4.43 Å². The zero-order valence-corrected chi connectivity index (χ0v) is 19.0. The SMILES string of the molecule is Cc1cccc(C2CCC(O[Si](C)(C)C(C)(C)C)C(S(=O)(=O)O)C2)c1C. The summed E-state index contributed by atoms with van der Waals surface area (Å²) in [6.07, 6.45) is 1.54. The lowest BCUT2D eigenvalue weighted by atomic mass is 9.80. The van der Waals surface area contributed by atoms with Crippen LogP contribution in [0, 0.1) is 13.8 Å². The molecule has 0 aromatic heterocycles. The van der Waals surface area contributed by atoms with E-state index in [4.69, 9.17) is 4.43 Å². The molecule has 148 valence electrons. The van der Waals surface area contributed by atoms with E-state index in [9.17, 15) is 13.0 Å². The van der Waals surface area contributed by atoms with Gasteiger partial charge in [-0.15, -0.1) is 0 Å². The van der Waals surface area contributed by atoms with Crippen molar-refractivity contribution in [2.24, 2.45) is 0 Å². The molecule has 1 aliphatic rings. The van der Waals surface area contributed by atoms with Gasteiger partial charge >= 0.3 is 0 Å². The molecule has 0 aliphatic heterocycles. The Balaban J connectivity index is 2.30. The summed E-state index contributed by atoms with van der Waals surface area (Å²) in [6, 6.07) is 6.19. The van der Waals surface area contributed by atoms with Crippen LogP contribution in [0.15, 0.2) is 18.2 Å². The second kappa shape index (κ2) is 7.38. The van der Waals surface area contributed by atoms with Crippen molar-refractivity contribution in [3.05, 3.63) is 34.9 Å². The monoisotopic (exact) mass is 398 g/mol. The first kappa shape index (κ1) is 21.6. The number of rotatable bonds is 4. The van der Waals surface area contributed by atoms with E-state index in [1.54, 1.807) is 0 Å². The van der Waals surface area contributed by atoms with Crippen molar-refractivity contribution in [2.75, 3.05) is 0 Å². The summed E-state index contributed by atoms with van der Waals surface area (Å²) < 4.78 is 40.6. The van der Waals surface area contributed by atoms with Gasteiger partial charge in [0.1, 0.15) is 5.25 Å². The van der Waals surface area contributed by atoms with Crippen LogP contribution < -0.4 is 0 Å². The molecule has 0 radical (unpaired) electrons. The Kier molecular flexibility index (Phi) is 6.13. The summed E-state index contributed by atoms with van der Waals surface area (Å²) in [5, 5.41) is -0.851. The molecule has 6 heteroatoms. The minimum atomic E-state index is -4.16. The Bertz CT molecular complexity index is 750. The van der Waals surface area contributed by atoms with Crippen molar-refractivity contribution >= 4 is 18.4 Å². The Morgan fingerprint density at radius 1 is 1.15 bits per heavy atom. The molecule has 3 atom stereocenters. The second-order valence-corrected chi connectivity index (χ2v) is 15.7. The van der Waals surface area contributed by atoms with Crippen molar-refractivity contribution in [2.45, 2.75) is 89.3 Å². The lowest BCUT2D eigenvalue weighted by molar-refractivity contribution is 0.130. The lowest BCUT2D eigenvalue weighted by Gasteiger charge is -2.43. The third-order valence-corrected chi connectivity index (χ3v) is 12.2. The summed E-state index contributed by atoms with van der Waals surface area (Å²) in [5.74, 6) is 0.140. The summed E-state index contributed by atoms with van der Waals surface area (Å²) in [7, 11) is -6.27. The van der Waals surface area contributed by atoms with Crippen molar-refractivity contribution in [3.8, 4) is 0 Å². The van der Waals surface area contributed by atoms with Crippen LogP contribution in [0.1, 0.15) is 62.6 Å². The van der Waals surface area contributed by atoms with Gasteiger partial charge in [0.15, 0.2) is 8.32 Å². The van der Waals surface area contributed by atoms with E-state index in [2.05, 4.69) is 59.8 Å². The molecular weight excluding hydrogens is 364 g/mol. The first-order valence-corrected chi connectivity index (χ1v) is 13.9. The van der Waals surface area contributed by atoms with E-state index in [1.807, 2.05) is 6.07 Å². The molecule has 1 aliphatic carbocycles. The van der Waals surface area contributed by atoms with Gasteiger partial charge in [-0.25, -0.2) is 0 Å². The van der Waals surface area contributed by atoms with Crippen LogP contribution in [0.4, 0.5) is 0 Å². The first-order valence-electron chi connectivity index (χ1n) is 9.44. The molecule has 2 rings (SSSR count). The molecule has 4 nitrogen and oxygen atoms in total. The van der Waals surface area contributed by atoms with Gasteiger partial charge in [-0.05, 0) is 73.9 Å². The van der Waals surface area contributed by atoms with Crippen molar-refractivity contribution < 1.29 is 17.4 Å². The zero-order chi connectivity index (χ0) is 19.9. The standard InChI is InChI=1S/C20H34O4SSi/c1-14-9-8-10-17(15(14)2)16-11-12-18(19(13-16)25(21,22)23)24-26(6,7)20(3,4)5/h8-10,16,18-19H,11-13H2,1-7H3,(H,21,22,23). The normalized spacial score (nSPS) is 25.3. The van der Waals surface area contributed by atoms with Gasteiger partial charge in [0, 0.05) is 0 Å². The average Bonchev–Trinajstić information content (AvgIpc) is 2.48. The molecule has 1 N–H and O–H groups in total. The number of aryl methyl sites for hydroxylation is 1. The molecule has 0 bridgehead atoms. The second-order valence-electron chi connectivity index (χ2n) is 9.27. The highest BCUT2D eigenvalue weighted by atomic mass is 32.2. The molecule has 1 fully saturated rings. The number of benzene rings is 1. The van der Waals surface area contributed by atoms with Crippen molar-refractivity contribution in [3.63, 3.8) is 0 Å². The molecule has 0 saturated heterocycles.